The summed E-state index contributed by atoms with van der Waals surface area (Å²) in [5, 5.41) is 6.23. The smallest absolute Gasteiger partial charge is 0.319 e. The highest BCUT2D eigenvalue weighted by Crippen LogP contribution is 2.21. The molecule has 0 unspecified atom stereocenters. The van der Waals surface area contributed by atoms with E-state index < -0.39 is 0 Å². The minimum Gasteiger partial charge on any atom is -0.341 e. The fourth-order valence-corrected chi connectivity index (χ4v) is 2.94. The first kappa shape index (κ1) is 16.5. The first-order chi connectivity index (χ1) is 11.7. The topological polar surface area (TPSA) is 70.2 Å². The number of halogens is 1. The minimum atomic E-state index is -0.225. The van der Waals surface area contributed by atoms with Crippen LogP contribution in [0, 0.1) is 5.92 Å². The van der Waals surface area contributed by atoms with Gasteiger partial charge in [-0.3, -0.25) is 0 Å². The third-order valence-electron chi connectivity index (χ3n) is 4.12. The Morgan fingerprint density at radius 1 is 1.17 bits per heavy atom. The molecular formula is C17H20ClN5O. The van der Waals surface area contributed by atoms with Gasteiger partial charge in [0.15, 0.2) is 0 Å². The summed E-state index contributed by atoms with van der Waals surface area (Å²) in [6.45, 7) is 2.46. The first-order valence-corrected chi connectivity index (χ1v) is 8.41. The maximum atomic E-state index is 12.0. The van der Waals surface area contributed by atoms with Gasteiger partial charge in [0.05, 0.1) is 10.7 Å². The van der Waals surface area contributed by atoms with Crippen LogP contribution in [0.4, 0.5) is 16.4 Å². The Morgan fingerprint density at radius 2 is 1.88 bits per heavy atom. The van der Waals surface area contributed by atoms with Crippen LogP contribution in [0.1, 0.15) is 12.8 Å². The van der Waals surface area contributed by atoms with E-state index in [1.54, 1.807) is 24.5 Å². The van der Waals surface area contributed by atoms with Crippen molar-refractivity contribution < 1.29 is 4.79 Å². The number of nitrogens with one attached hydrogen (secondary N) is 2. The van der Waals surface area contributed by atoms with Crippen molar-refractivity contribution >= 4 is 29.3 Å². The van der Waals surface area contributed by atoms with Gasteiger partial charge in [-0.15, -0.1) is 0 Å². The van der Waals surface area contributed by atoms with Crippen LogP contribution in [0.3, 0.4) is 0 Å². The average Bonchev–Trinajstić information content (AvgIpc) is 2.63. The van der Waals surface area contributed by atoms with E-state index in [0.29, 0.717) is 23.2 Å². The molecule has 0 aliphatic carbocycles. The molecule has 0 bridgehead atoms. The normalized spacial score (nSPS) is 15.1. The third-order valence-corrected chi connectivity index (χ3v) is 4.45. The fraction of sp³-hybridized carbons (Fsp3) is 0.353. The predicted molar refractivity (Wildman–Crippen MR) is 95.4 cm³/mol. The Balaban J connectivity index is 1.42. The van der Waals surface area contributed by atoms with Crippen molar-refractivity contribution in [2.45, 2.75) is 12.8 Å². The zero-order valence-corrected chi connectivity index (χ0v) is 14.0. The maximum absolute atomic E-state index is 12.0. The molecule has 1 aromatic carbocycles. The molecule has 0 saturated carbocycles. The molecule has 1 saturated heterocycles. The van der Waals surface area contributed by atoms with Gasteiger partial charge in [0.1, 0.15) is 0 Å². The molecule has 0 radical (unpaired) electrons. The van der Waals surface area contributed by atoms with E-state index in [0.717, 1.165) is 31.9 Å². The van der Waals surface area contributed by atoms with E-state index >= 15 is 0 Å². The molecule has 0 spiro atoms. The molecule has 0 atom stereocenters. The van der Waals surface area contributed by atoms with Crippen molar-refractivity contribution in [1.29, 1.82) is 0 Å². The quantitative estimate of drug-likeness (QED) is 0.893. The zero-order valence-electron chi connectivity index (χ0n) is 13.3. The number of benzene rings is 1. The van der Waals surface area contributed by atoms with Gasteiger partial charge in [0.2, 0.25) is 5.95 Å². The molecule has 2 aromatic rings. The molecule has 1 aliphatic heterocycles. The highest BCUT2D eigenvalue weighted by atomic mass is 35.5. The lowest BCUT2D eigenvalue weighted by atomic mass is 9.97. The van der Waals surface area contributed by atoms with Crippen molar-refractivity contribution in [1.82, 2.24) is 15.3 Å². The standard InChI is InChI=1S/C17H20ClN5O/c18-14-4-1-2-5-15(14)22-17(24)21-12-13-6-10-23(11-7-13)16-19-8-3-9-20-16/h1-5,8-9,13H,6-7,10-12H2,(H2,21,22,24). The number of anilines is 2. The number of carbonyl (C=O) groups excluding carboxylic acids is 1. The van der Waals surface area contributed by atoms with Crippen LogP contribution in [-0.4, -0.2) is 35.6 Å². The summed E-state index contributed by atoms with van der Waals surface area (Å²) in [7, 11) is 0. The molecule has 1 aromatic heterocycles. The molecule has 6 nitrogen and oxygen atoms in total. The first-order valence-electron chi connectivity index (χ1n) is 8.04. The SMILES string of the molecule is O=C(NCC1CCN(c2ncccn2)CC1)Nc1ccccc1Cl. The maximum Gasteiger partial charge on any atom is 0.319 e. The highest BCUT2D eigenvalue weighted by molar-refractivity contribution is 6.33. The van der Waals surface area contributed by atoms with Crippen molar-refractivity contribution in [2.75, 3.05) is 29.9 Å². The van der Waals surface area contributed by atoms with Crippen LogP contribution in [0.15, 0.2) is 42.7 Å². The van der Waals surface area contributed by atoms with E-state index in [-0.39, 0.29) is 6.03 Å². The van der Waals surface area contributed by atoms with Crippen LogP contribution in [-0.2, 0) is 0 Å². The van der Waals surface area contributed by atoms with E-state index in [4.69, 9.17) is 11.6 Å². The van der Waals surface area contributed by atoms with Crippen molar-refractivity contribution in [3.63, 3.8) is 0 Å². The van der Waals surface area contributed by atoms with Crippen LogP contribution < -0.4 is 15.5 Å². The van der Waals surface area contributed by atoms with Crippen LogP contribution >= 0.6 is 11.6 Å². The Bertz CT molecular complexity index is 674. The number of nitrogens with zero attached hydrogens (tertiary/aromatic N) is 3. The second-order valence-corrected chi connectivity index (χ2v) is 6.20. The van der Waals surface area contributed by atoms with Gasteiger partial charge in [0.25, 0.3) is 0 Å². The predicted octanol–water partition coefficient (Wildman–Crippen LogP) is 3.17. The lowest BCUT2D eigenvalue weighted by Gasteiger charge is -2.31. The number of hydrogen-bond acceptors (Lipinski definition) is 4. The second kappa shape index (κ2) is 7.97. The summed E-state index contributed by atoms with van der Waals surface area (Å²) in [4.78, 5) is 22.7. The summed E-state index contributed by atoms with van der Waals surface area (Å²) in [6.07, 6.45) is 5.53. The summed E-state index contributed by atoms with van der Waals surface area (Å²) in [5.41, 5.74) is 0.618. The number of para-hydroxylation sites is 1. The van der Waals surface area contributed by atoms with Gasteiger partial charge in [-0.2, -0.15) is 0 Å². The number of carbonyl (C=O) groups is 1. The number of hydrogen-bond donors (Lipinski definition) is 2. The number of piperidine rings is 1. The second-order valence-electron chi connectivity index (χ2n) is 5.79. The molecule has 2 N–H and O–H groups in total. The Morgan fingerprint density at radius 3 is 2.58 bits per heavy atom. The Labute approximate surface area is 146 Å². The lowest BCUT2D eigenvalue weighted by molar-refractivity contribution is 0.248. The number of aromatic nitrogens is 2. The fourth-order valence-electron chi connectivity index (χ4n) is 2.76. The van der Waals surface area contributed by atoms with Gasteiger partial charge >= 0.3 is 6.03 Å². The molecule has 24 heavy (non-hydrogen) atoms. The zero-order chi connectivity index (χ0) is 16.8. The molecule has 1 fully saturated rings. The van der Waals surface area contributed by atoms with E-state index in [1.807, 2.05) is 18.2 Å². The van der Waals surface area contributed by atoms with E-state index in [2.05, 4.69) is 25.5 Å². The number of rotatable bonds is 4. The van der Waals surface area contributed by atoms with Crippen molar-refractivity contribution in [2.24, 2.45) is 5.92 Å². The Kier molecular flexibility index (Phi) is 5.48. The largest absolute Gasteiger partial charge is 0.341 e. The number of amides is 2. The van der Waals surface area contributed by atoms with E-state index in [9.17, 15) is 4.79 Å². The van der Waals surface area contributed by atoms with Gasteiger partial charge in [0, 0.05) is 32.0 Å². The summed E-state index contributed by atoms with van der Waals surface area (Å²) in [5.74, 6) is 1.24. The lowest BCUT2D eigenvalue weighted by Crippen LogP contribution is -2.40. The third kappa shape index (κ3) is 4.35. The van der Waals surface area contributed by atoms with Crippen molar-refractivity contribution in [3.05, 3.63) is 47.7 Å². The minimum absolute atomic E-state index is 0.225. The van der Waals surface area contributed by atoms with Crippen LogP contribution in [0.25, 0.3) is 0 Å². The summed E-state index contributed by atoms with van der Waals surface area (Å²) >= 11 is 6.03. The molecule has 3 rings (SSSR count). The van der Waals surface area contributed by atoms with Crippen molar-refractivity contribution in [3.8, 4) is 0 Å². The monoisotopic (exact) mass is 345 g/mol. The number of urea groups is 1. The molecular weight excluding hydrogens is 326 g/mol. The molecule has 2 amide bonds. The van der Waals surface area contributed by atoms with Gasteiger partial charge in [-0.1, -0.05) is 23.7 Å². The molecule has 2 heterocycles. The van der Waals surface area contributed by atoms with Gasteiger partial charge in [-0.05, 0) is 37.0 Å². The molecule has 1 aliphatic rings. The van der Waals surface area contributed by atoms with Crippen LogP contribution in [0.5, 0.6) is 0 Å². The molecule has 126 valence electrons. The molecule has 7 heteroatoms. The highest BCUT2D eigenvalue weighted by Gasteiger charge is 2.21. The van der Waals surface area contributed by atoms with Gasteiger partial charge < -0.3 is 15.5 Å². The van der Waals surface area contributed by atoms with Gasteiger partial charge in [-0.25, -0.2) is 14.8 Å². The summed E-state index contributed by atoms with van der Waals surface area (Å²) in [6, 6.07) is 8.78. The van der Waals surface area contributed by atoms with E-state index in [1.165, 1.54) is 0 Å². The summed E-state index contributed by atoms with van der Waals surface area (Å²) < 4.78 is 0. The van der Waals surface area contributed by atoms with Crippen LogP contribution in [0.2, 0.25) is 5.02 Å². The average molecular weight is 346 g/mol. The Hall–Kier alpha value is -2.34.